The van der Waals surface area contributed by atoms with Crippen molar-refractivity contribution >= 4 is 11.6 Å². The van der Waals surface area contributed by atoms with E-state index in [1.54, 1.807) is 0 Å². The van der Waals surface area contributed by atoms with Crippen LogP contribution in [-0.2, 0) is 4.74 Å². The molecule has 0 aliphatic rings. The van der Waals surface area contributed by atoms with Crippen LogP contribution in [0.3, 0.4) is 0 Å². The van der Waals surface area contributed by atoms with Gasteiger partial charge in [-0.05, 0) is 19.8 Å². The average molecular weight is 165 g/mol. The molecule has 0 rings (SSSR count). The van der Waals surface area contributed by atoms with Crippen LogP contribution in [0.25, 0.3) is 0 Å². The van der Waals surface area contributed by atoms with Crippen LogP contribution in [0.15, 0.2) is 0 Å². The van der Waals surface area contributed by atoms with E-state index in [1.807, 2.05) is 6.92 Å². The molecular formula is C8H17ClO. The highest BCUT2D eigenvalue weighted by Crippen LogP contribution is 1.99. The monoisotopic (exact) mass is 164 g/mol. The third-order valence-corrected chi connectivity index (χ3v) is 1.52. The fourth-order valence-corrected chi connectivity index (χ4v) is 0.683. The Balaban J connectivity index is 2.77. The van der Waals surface area contributed by atoms with E-state index < -0.39 is 0 Å². The molecule has 0 N–H and O–H groups in total. The molecule has 0 aromatic carbocycles. The molecule has 0 aromatic heterocycles. The van der Waals surface area contributed by atoms with Crippen LogP contribution in [0, 0.1) is 0 Å². The van der Waals surface area contributed by atoms with Crippen LogP contribution in [-0.4, -0.2) is 18.6 Å². The van der Waals surface area contributed by atoms with Gasteiger partial charge >= 0.3 is 0 Å². The first kappa shape index (κ1) is 10.2. The van der Waals surface area contributed by atoms with Crippen molar-refractivity contribution in [2.24, 2.45) is 0 Å². The minimum absolute atomic E-state index is 0.252. The van der Waals surface area contributed by atoms with Crippen LogP contribution in [0.2, 0.25) is 0 Å². The summed E-state index contributed by atoms with van der Waals surface area (Å²) in [7, 11) is 0. The zero-order valence-electron chi connectivity index (χ0n) is 6.90. The van der Waals surface area contributed by atoms with Gasteiger partial charge in [-0.3, -0.25) is 0 Å². The zero-order valence-corrected chi connectivity index (χ0v) is 7.66. The Hall–Kier alpha value is 0.250. The molecule has 1 unspecified atom stereocenters. The number of ether oxygens (including phenoxy) is 1. The van der Waals surface area contributed by atoms with E-state index in [9.17, 15) is 0 Å². The molecule has 0 saturated heterocycles. The Morgan fingerprint density at radius 3 is 2.60 bits per heavy atom. The van der Waals surface area contributed by atoms with Crippen molar-refractivity contribution in [2.75, 3.05) is 13.2 Å². The molecule has 0 aliphatic carbocycles. The van der Waals surface area contributed by atoms with Gasteiger partial charge < -0.3 is 4.74 Å². The average Bonchev–Trinajstić information content (AvgIpc) is 1.87. The first-order chi connectivity index (χ1) is 4.77. The molecule has 0 bridgehead atoms. The minimum atomic E-state index is 0.252. The Kier molecular flexibility index (Phi) is 7.54. The molecule has 2 heteroatoms. The van der Waals surface area contributed by atoms with Crippen molar-refractivity contribution in [2.45, 2.75) is 38.5 Å². The maximum Gasteiger partial charge on any atom is 0.0480 e. The van der Waals surface area contributed by atoms with E-state index >= 15 is 0 Å². The molecule has 0 heterocycles. The molecular weight excluding hydrogens is 148 g/mol. The SMILES string of the molecule is CCCCOCCC(C)Cl. The predicted octanol–water partition coefficient (Wildman–Crippen LogP) is 2.82. The van der Waals surface area contributed by atoms with Gasteiger partial charge in [0, 0.05) is 18.6 Å². The maximum absolute atomic E-state index is 5.71. The molecule has 1 nitrogen and oxygen atoms in total. The van der Waals surface area contributed by atoms with Crippen LogP contribution >= 0.6 is 11.6 Å². The Morgan fingerprint density at radius 1 is 1.40 bits per heavy atom. The van der Waals surface area contributed by atoms with Crippen molar-refractivity contribution in [3.05, 3.63) is 0 Å². The van der Waals surface area contributed by atoms with Gasteiger partial charge in [-0.25, -0.2) is 0 Å². The predicted molar refractivity (Wildman–Crippen MR) is 45.7 cm³/mol. The summed E-state index contributed by atoms with van der Waals surface area (Å²) < 4.78 is 5.30. The molecule has 0 amide bonds. The first-order valence-electron chi connectivity index (χ1n) is 3.99. The van der Waals surface area contributed by atoms with E-state index in [1.165, 1.54) is 6.42 Å². The largest absolute Gasteiger partial charge is 0.381 e. The summed E-state index contributed by atoms with van der Waals surface area (Å²) in [5, 5.41) is 0.252. The summed E-state index contributed by atoms with van der Waals surface area (Å²) in [6, 6.07) is 0. The van der Waals surface area contributed by atoms with Crippen molar-refractivity contribution in [1.29, 1.82) is 0 Å². The number of alkyl halides is 1. The van der Waals surface area contributed by atoms with Crippen LogP contribution in [0.5, 0.6) is 0 Å². The number of rotatable bonds is 6. The van der Waals surface area contributed by atoms with Crippen LogP contribution < -0.4 is 0 Å². The van der Waals surface area contributed by atoms with Gasteiger partial charge in [-0.1, -0.05) is 13.3 Å². The number of hydrogen-bond donors (Lipinski definition) is 0. The summed E-state index contributed by atoms with van der Waals surface area (Å²) in [5.41, 5.74) is 0. The molecule has 0 spiro atoms. The number of halogens is 1. The van der Waals surface area contributed by atoms with Gasteiger partial charge in [0.25, 0.3) is 0 Å². The molecule has 0 saturated carbocycles. The second kappa shape index (κ2) is 7.36. The lowest BCUT2D eigenvalue weighted by Gasteiger charge is -2.03. The summed E-state index contributed by atoms with van der Waals surface area (Å²) in [5.74, 6) is 0. The zero-order chi connectivity index (χ0) is 7.82. The Labute approximate surface area is 68.7 Å². The summed E-state index contributed by atoms with van der Waals surface area (Å²) >= 11 is 5.71. The van der Waals surface area contributed by atoms with Gasteiger partial charge in [0.2, 0.25) is 0 Å². The number of unbranched alkanes of at least 4 members (excludes halogenated alkanes) is 1. The lowest BCUT2D eigenvalue weighted by atomic mass is 10.3. The van der Waals surface area contributed by atoms with Gasteiger partial charge in [0.15, 0.2) is 0 Å². The summed E-state index contributed by atoms with van der Waals surface area (Å²) in [6.45, 7) is 5.85. The van der Waals surface area contributed by atoms with Gasteiger partial charge in [0.05, 0.1) is 0 Å². The Bertz CT molecular complexity index is 64.3. The number of hydrogen-bond acceptors (Lipinski definition) is 1. The molecule has 0 radical (unpaired) electrons. The second-order valence-electron chi connectivity index (χ2n) is 2.54. The van der Waals surface area contributed by atoms with E-state index in [2.05, 4.69) is 6.92 Å². The highest BCUT2D eigenvalue weighted by Gasteiger charge is 1.94. The van der Waals surface area contributed by atoms with E-state index in [-0.39, 0.29) is 5.38 Å². The van der Waals surface area contributed by atoms with E-state index in [0.717, 1.165) is 26.1 Å². The van der Waals surface area contributed by atoms with Gasteiger partial charge in [-0.15, -0.1) is 11.6 Å². The normalized spacial score (nSPS) is 13.5. The van der Waals surface area contributed by atoms with E-state index in [0.29, 0.717) is 0 Å². The molecule has 1 atom stereocenters. The quantitative estimate of drug-likeness (QED) is 0.434. The molecule has 0 aromatic rings. The highest BCUT2D eigenvalue weighted by atomic mass is 35.5. The fourth-order valence-electron chi connectivity index (χ4n) is 0.594. The van der Waals surface area contributed by atoms with Gasteiger partial charge in [0.1, 0.15) is 0 Å². The second-order valence-corrected chi connectivity index (χ2v) is 3.28. The van der Waals surface area contributed by atoms with Crippen molar-refractivity contribution in [3.8, 4) is 0 Å². The van der Waals surface area contributed by atoms with Crippen molar-refractivity contribution in [3.63, 3.8) is 0 Å². The van der Waals surface area contributed by atoms with Gasteiger partial charge in [-0.2, -0.15) is 0 Å². The van der Waals surface area contributed by atoms with Crippen molar-refractivity contribution < 1.29 is 4.74 Å². The maximum atomic E-state index is 5.71. The van der Waals surface area contributed by atoms with Crippen molar-refractivity contribution in [1.82, 2.24) is 0 Å². The Morgan fingerprint density at radius 2 is 2.10 bits per heavy atom. The fraction of sp³-hybridized carbons (Fsp3) is 1.00. The van der Waals surface area contributed by atoms with Crippen LogP contribution in [0.4, 0.5) is 0 Å². The highest BCUT2D eigenvalue weighted by molar-refractivity contribution is 6.20. The molecule has 62 valence electrons. The third kappa shape index (κ3) is 8.25. The summed E-state index contributed by atoms with van der Waals surface area (Å²) in [6.07, 6.45) is 3.33. The standard InChI is InChI=1S/C8H17ClO/c1-3-4-6-10-7-5-8(2)9/h8H,3-7H2,1-2H3. The minimum Gasteiger partial charge on any atom is -0.381 e. The lowest BCUT2D eigenvalue weighted by Crippen LogP contribution is -2.01. The summed E-state index contributed by atoms with van der Waals surface area (Å²) in [4.78, 5) is 0. The smallest absolute Gasteiger partial charge is 0.0480 e. The van der Waals surface area contributed by atoms with Crippen LogP contribution in [0.1, 0.15) is 33.1 Å². The lowest BCUT2D eigenvalue weighted by molar-refractivity contribution is 0.129. The molecule has 0 aliphatic heterocycles. The third-order valence-electron chi connectivity index (χ3n) is 1.30. The van der Waals surface area contributed by atoms with E-state index in [4.69, 9.17) is 16.3 Å². The molecule has 10 heavy (non-hydrogen) atoms. The first-order valence-corrected chi connectivity index (χ1v) is 4.42. The topological polar surface area (TPSA) is 9.23 Å². The molecule has 0 fully saturated rings.